The van der Waals surface area contributed by atoms with Gasteiger partial charge in [-0.05, 0) is 23.1 Å². The van der Waals surface area contributed by atoms with Gasteiger partial charge in [-0.2, -0.15) is 0 Å². The third-order valence-electron chi connectivity index (χ3n) is 1.06. The van der Waals surface area contributed by atoms with Gasteiger partial charge in [-0.1, -0.05) is 107 Å². The highest BCUT2D eigenvalue weighted by molar-refractivity contribution is 4.71. The van der Waals surface area contributed by atoms with Crippen molar-refractivity contribution >= 4 is 0 Å². The van der Waals surface area contributed by atoms with Crippen LogP contribution in [0.15, 0.2) is 0 Å². The van der Waals surface area contributed by atoms with Crippen LogP contribution in [0.3, 0.4) is 0 Å². The summed E-state index contributed by atoms with van der Waals surface area (Å²) in [4.78, 5) is 0. The molecule has 0 aromatic carbocycles. The van der Waals surface area contributed by atoms with Crippen LogP contribution < -0.4 is 0 Å². The van der Waals surface area contributed by atoms with E-state index in [9.17, 15) is 0 Å². The lowest BCUT2D eigenvalue weighted by molar-refractivity contribution is 0.233. The minimum Gasteiger partial charge on any atom is -0.0776 e. The molecule has 0 aliphatic heterocycles. The molecule has 19 heavy (non-hydrogen) atoms. The molecule has 0 saturated carbocycles. The van der Waals surface area contributed by atoms with Gasteiger partial charge in [0.1, 0.15) is 0 Å². The van der Waals surface area contributed by atoms with Gasteiger partial charge in [-0.3, -0.25) is 0 Å². The zero-order valence-corrected chi connectivity index (χ0v) is 11.2. The van der Waals surface area contributed by atoms with Crippen LogP contribution in [-0.4, -0.2) is 0 Å². The summed E-state index contributed by atoms with van der Waals surface area (Å²) >= 11 is 0. The molecule has 0 N–H and O–H groups in total. The van der Waals surface area contributed by atoms with Crippen LogP contribution in [0.25, 0.3) is 0 Å². The Bertz CT molecular complexity index is 121. The smallest absolute Gasteiger partial charge is 0.0294 e. The molecular weight excluding hydrogens is 228 g/mol. The lowest BCUT2D eigenvalue weighted by Gasteiger charge is -2.28. The maximum atomic E-state index is 6.94. The summed E-state index contributed by atoms with van der Waals surface area (Å²) in [5.74, 6) is -0.250. The van der Waals surface area contributed by atoms with Gasteiger partial charge < -0.3 is 0 Å². The van der Waals surface area contributed by atoms with E-state index in [2.05, 4.69) is 41.5 Å². The third kappa shape index (κ3) is 128. The molecule has 0 nitrogen and oxygen atoms in total. The molecule has 0 spiro atoms. The van der Waals surface area contributed by atoms with Crippen molar-refractivity contribution < 1.29 is 1.37 Å². The molecule has 0 aliphatic carbocycles. The summed E-state index contributed by atoms with van der Waals surface area (Å²) in [7, 11) is 0. The maximum Gasteiger partial charge on any atom is 0.0294 e. The van der Waals surface area contributed by atoms with E-state index in [1.807, 2.05) is 20.8 Å². The van der Waals surface area contributed by atoms with Crippen molar-refractivity contribution in [2.75, 3.05) is 0 Å². The molecule has 130 valence electrons. The van der Waals surface area contributed by atoms with Crippen molar-refractivity contribution in [2.45, 2.75) is 113 Å². The van der Waals surface area contributed by atoms with Crippen molar-refractivity contribution in [3.63, 3.8) is 0 Å². The Balaban J connectivity index is -0.0000000199. The SMILES string of the molecule is C.C.C.C.C.C.CC(C)(C)CC(C)(C)C.[3H]C(C)(C)C. The lowest BCUT2D eigenvalue weighted by atomic mass is 9.78. The molecule has 0 heterocycles. The molecule has 0 atom stereocenters. The van der Waals surface area contributed by atoms with Gasteiger partial charge in [0.15, 0.2) is 0 Å². The molecule has 0 unspecified atom stereocenters. The molecule has 0 rings (SSSR count). The van der Waals surface area contributed by atoms with E-state index in [1.165, 1.54) is 6.42 Å². The van der Waals surface area contributed by atoms with Crippen molar-refractivity contribution in [1.82, 2.24) is 0 Å². The second-order valence-corrected chi connectivity index (χ2v) is 6.80. The first-order valence-corrected chi connectivity index (χ1v) is 5.21. The number of hydrogen-bond acceptors (Lipinski definition) is 0. The summed E-state index contributed by atoms with van der Waals surface area (Å²) in [5, 5.41) is 0. The second kappa shape index (κ2) is 20.3. The molecule has 0 amide bonds. The van der Waals surface area contributed by atoms with Crippen LogP contribution in [0.5, 0.6) is 0 Å². The normalized spacial score (nSPS) is 9.84. The monoisotopic (exact) mass is 284 g/mol. The molecule has 0 saturated heterocycles. The summed E-state index contributed by atoms with van der Waals surface area (Å²) < 4.78 is 6.94. The van der Waals surface area contributed by atoms with E-state index in [4.69, 9.17) is 1.37 Å². The van der Waals surface area contributed by atoms with Crippen molar-refractivity contribution in [3.05, 3.63) is 0 Å². The van der Waals surface area contributed by atoms with Crippen LogP contribution in [0.1, 0.15) is 115 Å². The topological polar surface area (TPSA) is 0 Å². The summed E-state index contributed by atoms with van der Waals surface area (Å²) in [6.45, 7) is 19.3. The van der Waals surface area contributed by atoms with Gasteiger partial charge in [-0.15, -0.1) is 0 Å². The number of rotatable bonds is 0. The van der Waals surface area contributed by atoms with Crippen LogP contribution >= 0.6 is 0 Å². The van der Waals surface area contributed by atoms with E-state index in [0.717, 1.165) is 0 Å². The molecule has 0 radical (unpaired) electrons. The first-order valence-electron chi connectivity index (χ1n) is 5.71. The van der Waals surface area contributed by atoms with Gasteiger partial charge >= 0.3 is 0 Å². The minimum absolute atomic E-state index is 0. The van der Waals surface area contributed by atoms with Crippen LogP contribution in [0.4, 0.5) is 0 Å². The van der Waals surface area contributed by atoms with Crippen molar-refractivity contribution in [2.24, 2.45) is 16.7 Å². The van der Waals surface area contributed by atoms with Gasteiger partial charge in [0.05, 0.1) is 0 Å². The summed E-state index contributed by atoms with van der Waals surface area (Å²) in [6, 6.07) is 0. The van der Waals surface area contributed by atoms with E-state index >= 15 is 0 Å². The number of hydrogen-bond donors (Lipinski definition) is 0. The van der Waals surface area contributed by atoms with E-state index in [0.29, 0.717) is 10.8 Å². The Kier molecular flexibility index (Phi) is 45.7. The molecule has 0 bridgehead atoms. The van der Waals surface area contributed by atoms with Crippen molar-refractivity contribution in [3.8, 4) is 0 Å². The fraction of sp³-hybridized carbons (Fsp3) is 1.00. The predicted molar refractivity (Wildman–Crippen MR) is 104 cm³/mol. The zero-order chi connectivity index (χ0) is 12.2. The van der Waals surface area contributed by atoms with E-state index < -0.39 is 0 Å². The van der Waals surface area contributed by atoms with E-state index in [-0.39, 0.29) is 50.5 Å². The third-order valence-corrected chi connectivity index (χ3v) is 1.06. The van der Waals surface area contributed by atoms with Gasteiger partial charge in [0.25, 0.3) is 0 Å². The maximum absolute atomic E-state index is 6.94. The minimum atomic E-state index is -0.250. The molecular formula is C19H54. The van der Waals surface area contributed by atoms with Gasteiger partial charge in [0, 0.05) is 1.37 Å². The Hall–Kier alpha value is 0. The first kappa shape index (κ1) is 42.8. The quantitative estimate of drug-likeness (QED) is 0.416. The average Bonchev–Trinajstić information content (AvgIpc) is 1.42. The van der Waals surface area contributed by atoms with Crippen molar-refractivity contribution in [1.29, 1.82) is 0 Å². The lowest BCUT2D eigenvalue weighted by Crippen LogP contribution is -2.16. The van der Waals surface area contributed by atoms with Gasteiger partial charge in [-0.25, -0.2) is 0 Å². The first-order chi connectivity index (χ1) is 5.71. The Morgan fingerprint density at radius 1 is 0.632 bits per heavy atom. The Labute approximate surface area is 132 Å². The highest BCUT2D eigenvalue weighted by Crippen LogP contribution is 2.31. The average molecular weight is 285 g/mol. The fourth-order valence-electron chi connectivity index (χ4n) is 1.59. The molecule has 0 aromatic heterocycles. The van der Waals surface area contributed by atoms with E-state index in [1.54, 1.807) is 0 Å². The van der Waals surface area contributed by atoms with Crippen LogP contribution in [0, 0.1) is 16.7 Å². The predicted octanol–water partition coefficient (Wildman–Crippen LogP) is 8.95. The Morgan fingerprint density at radius 2 is 0.737 bits per heavy atom. The molecule has 0 fully saturated rings. The highest BCUT2D eigenvalue weighted by atomic mass is 14.3. The second-order valence-electron chi connectivity index (χ2n) is 6.80. The van der Waals surface area contributed by atoms with Crippen LogP contribution in [0.2, 0.25) is 0 Å². The largest absolute Gasteiger partial charge is 0.0776 e. The Morgan fingerprint density at radius 3 is 0.737 bits per heavy atom. The van der Waals surface area contributed by atoms with Crippen LogP contribution in [-0.2, 0) is 0 Å². The molecule has 0 heteroatoms. The zero-order valence-electron chi connectivity index (χ0n) is 12.2. The van der Waals surface area contributed by atoms with Gasteiger partial charge in [0.2, 0.25) is 0 Å². The highest BCUT2D eigenvalue weighted by Gasteiger charge is 2.20. The summed E-state index contributed by atoms with van der Waals surface area (Å²) in [5.41, 5.74) is 0.969. The molecule has 0 aromatic rings. The molecule has 0 aliphatic rings. The standard InChI is InChI=1S/C9H20.C4H10.6CH4/c1-8(2,3)7-9(4,5)6;1-4(2)3;;;;;;/h7H2,1-6H3;4H,1-3H3;6*1H4/i;4T;;;;;;. The summed E-state index contributed by atoms with van der Waals surface area (Å²) in [6.07, 6.45) is 1.29. The fourth-order valence-corrected chi connectivity index (χ4v) is 1.59.